The first-order chi connectivity index (χ1) is 12.1. The Morgan fingerprint density at radius 2 is 2.00 bits per heavy atom. The van der Waals surface area contributed by atoms with Gasteiger partial charge >= 0.3 is 0 Å². The predicted octanol–water partition coefficient (Wildman–Crippen LogP) is 3.01. The monoisotopic (exact) mass is 375 g/mol. The number of nitrogens with one attached hydrogen (secondary N) is 1. The van der Waals surface area contributed by atoms with Crippen molar-refractivity contribution in [2.24, 2.45) is 0 Å². The van der Waals surface area contributed by atoms with Gasteiger partial charge in [-0.1, -0.05) is 18.2 Å². The van der Waals surface area contributed by atoms with Crippen molar-refractivity contribution in [1.29, 1.82) is 0 Å². The molecule has 0 aliphatic carbocycles. The summed E-state index contributed by atoms with van der Waals surface area (Å²) in [7, 11) is 1.54. The van der Waals surface area contributed by atoms with Crippen molar-refractivity contribution in [3.05, 3.63) is 48.0 Å². The van der Waals surface area contributed by atoms with Gasteiger partial charge in [0.2, 0.25) is 11.8 Å². The first kappa shape index (κ1) is 19.6. The molecule has 0 atom stereocenters. The van der Waals surface area contributed by atoms with Crippen LogP contribution in [0.2, 0.25) is 0 Å². The number of hydrogen-bond acceptors (Lipinski definition) is 4. The number of nitrogen functional groups attached to an aromatic ring is 1. The lowest BCUT2D eigenvalue weighted by molar-refractivity contribution is -0.119. The van der Waals surface area contributed by atoms with E-state index in [1.165, 1.54) is 7.11 Å². The molecule has 0 saturated heterocycles. The Hall–Kier alpha value is -2.73. The molecule has 138 valence electrons. The van der Waals surface area contributed by atoms with E-state index in [9.17, 15) is 9.59 Å². The van der Waals surface area contributed by atoms with Crippen LogP contribution in [0.1, 0.15) is 18.4 Å². The molecule has 1 aliphatic heterocycles. The molecule has 0 unspecified atom stereocenters. The number of carbonyl (C=O) groups is 2. The topological polar surface area (TPSA) is 84.7 Å². The lowest BCUT2D eigenvalue weighted by atomic mass is 10.0. The summed E-state index contributed by atoms with van der Waals surface area (Å²) in [6, 6.07) is 12.9. The summed E-state index contributed by atoms with van der Waals surface area (Å²) in [5.41, 5.74) is 8.95. The van der Waals surface area contributed by atoms with Crippen molar-refractivity contribution in [3.8, 4) is 5.75 Å². The Labute approximate surface area is 158 Å². The van der Waals surface area contributed by atoms with E-state index in [-0.39, 0.29) is 30.6 Å². The number of ether oxygens (including phenoxy) is 1. The maximum absolute atomic E-state index is 12.2. The third-order valence-corrected chi connectivity index (χ3v) is 4.27. The molecular weight excluding hydrogens is 354 g/mol. The first-order valence-electron chi connectivity index (χ1n) is 8.20. The van der Waals surface area contributed by atoms with Crippen molar-refractivity contribution < 1.29 is 14.3 Å². The fraction of sp³-hybridized carbons (Fsp3) is 0.263. The number of para-hydroxylation sites is 1. The summed E-state index contributed by atoms with van der Waals surface area (Å²) >= 11 is 0. The zero-order chi connectivity index (χ0) is 17.8. The van der Waals surface area contributed by atoms with Crippen LogP contribution in [0.3, 0.4) is 0 Å². The summed E-state index contributed by atoms with van der Waals surface area (Å²) in [4.78, 5) is 26.1. The third-order valence-electron chi connectivity index (χ3n) is 4.27. The quantitative estimate of drug-likeness (QED) is 0.787. The fourth-order valence-corrected chi connectivity index (χ4v) is 2.99. The average molecular weight is 376 g/mol. The highest BCUT2D eigenvalue weighted by Gasteiger charge is 2.23. The summed E-state index contributed by atoms with van der Waals surface area (Å²) in [5.74, 6) is 0.453. The minimum absolute atomic E-state index is 0. The van der Waals surface area contributed by atoms with E-state index in [0.29, 0.717) is 30.1 Å². The van der Waals surface area contributed by atoms with Crippen molar-refractivity contribution in [2.45, 2.75) is 19.3 Å². The fourth-order valence-electron chi connectivity index (χ4n) is 2.99. The number of benzene rings is 2. The summed E-state index contributed by atoms with van der Waals surface area (Å²) in [5, 5.41) is 2.80. The standard InChI is InChI=1S/C19H21N3O3.ClH/c1-25-17-8-7-14(12-15(17)20)21-18(23)10-11-22-16-5-3-2-4-13(16)6-9-19(22)24;/h2-5,7-8,12H,6,9-11,20H2,1H3,(H,21,23);1H. The van der Waals surface area contributed by atoms with E-state index in [1.807, 2.05) is 24.3 Å². The Morgan fingerprint density at radius 3 is 2.73 bits per heavy atom. The number of anilines is 3. The molecule has 2 aromatic rings. The van der Waals surface area contributed by atoms with Crippen LogP contribution in [0.4, 0.5) is 17.1 Å². The van der Waals surface area contributed by atoms with Gasteiger partial charge in [0, 0.05) is 30.8 Å². The molecule has 26 heavy (non-hydrogen) atoms. The minimum atomic E-state index is -0.166. The highest BCUT2D eigenvalue weighted by Crippen LogP contribution is 2.28. The average Bonchev–Trinajstić information content (AvgIpc) is 2.61. The van der Waals surface area contributed by atoms with Crippen LogP contribution in [-0.4, -0.2) is 25.5 Å². The smallest absolute Gasteiger partial charge is 0.227 e. The lowest BCUT2D eigenvalue weighted by Gasteiger charge is -2.29. The van der Waals surface area contributed by atoms with E-state index >= 15 is 0 Å². The summed E-state index contributed by atoms with van der Waals surface area (Å²) in [6.45, 7) is 0.354. The Kier molecular flexibility index (Phi) is 6.46. The van der Waals surface area contributed by atoms with E-state index < -0.39 is 0 Å². The van der Waals surface area contributed by atoms with Crippen LogP contribution in [-0.2, 0) is 16.0 Å². The third kappa shape index (κ3) is 4.26. The SMILES string of the molecule is COc1ccc(NC(=O)CCN2C(=O)CCc3ccccc32)cc1N.Cl. The molecule has 3 N–H and O–H groups in total. The Morgan fingerprint density at radius 1 is 1.23 bits per heavy atom. The number of nitrogens with two attached hydrogens (primary N) is 1. The number of methoxy groups -OCH3 is 1. The van der Waals surface area contributed by atoms with Gasteiger partial charge in [0.05, 0.1) is 12.8 Å². The molecule has 1 aliphatic rings. The minimum Gasteiger partial charge on any atom is -0.495 e. The molecule has 0 bridgehead atoms. The van der Waals surface area contributed by atoms with E-state index in [4.69, 9.17) is 10.5 Å². The number of nitrogens with zero attached hydrogens (tertiary/aromatic N) is 1. The Balaban J connectivity index is 0.00000243. The molecule has 0 spiro atoms. The van der Waals surface area contributed by atoms with Crippen LogP contribution < -0.4 is 20.7 Å². The van der Waals surface area contributed by atoms with Gasteiger partial charge in [-0.05, 0) is 36.2 Å². The van der Waals surface area contributed by atoms with Crippen LogP contribution in [0.5, 0.6) is 5.75 Å². The van der Waals surface area contributed by atoms with E-state index in [1.54, 1.807) is 23.1 Å². The molecule has 3 rings (SSSR count). The van der Waals surface area contributed by atoms with Gasteiger partial charge < -0.3 is 20.7 Å². The van der Waals surface area contributed by atoms with Gasteiger partial charge in [0.25, 0.3) is 0 Å². The van der Waals surface area contributed by atoms with E-state index in [0.717, 1.165) is 17.7 Å². The van der Waals surface area contributed by atoms with Gasteiger partial charge in [-0.15, -0.1) is 12.4 Å². The second-order valence-corrected chi connectivity index (χ2v) is 5.93. The van der Waals surface area contributed by atoms with Gasteiger partial charge in [0.1, 0.15) is 5.75 Å². The number of carbonyl (C=O) groups excluding carboxylic acids is 2. The number of aryl methyl sites for hydroxylation is 1. The molecule has 0 fully saturated rings. The van der Waals surface area contributed by atoms with Gasteiger partial charge in [-0.25, -0.2) is 0 Å². The molecule has 6 nitrogen and oxygen atoms in total. The molecule has 0 saturated carbocycles. The maximum Gasteiger partial charge on any atom is 0.227 e. The molecule has 2 aromatic carbocycles. The second-order valence-electron chi connectivity index (χ2n) is 5.93. The van der Waals surface area contributed by atoms with Crippen LogP contribution >= 0.6 is 12.4 Å². The van der Waals surface area contributed by atoms with Crippen molar-refractivity contribution >= 4 is 41.3 Å². The van der Waals surface area contributed by atoms with Crippen LogP contribution in [0.15, 0.2) is 42.5 Å². The molecule has 0 aromatic heterocycles. The number of halogens is 1. The molecule has 2 amide bonds. The lowest BCUT2D eigenvalue weighted by Crippen LogP contribution is -2.37. The van der Waals surface area contributed by atoms with Crippen molar-refractivity contribution in [1.82, 2.24) is 0 Å². The number of fused-ring (bicyclic) bond motifs is 1. The number of amides is 2. The zero-order valence-corrected chi connectivity index (χ0v) is 15.3. The number of rotatable bonds is 5. The van der Waals surface area contributed by atoms with Crippen LogP contribution in [0, 0.1) is 0 Å². The molecule has 0 radical (unpaired) electrons. The first-order valence-corrected chi connectivity index (χ1v) is 8.20. The number of hydrogen-bond donors (Lipinski definition) is 2. The largest absolute Gasteiger partial charge is 0.495 e. The molecule has 7 heteroatoms. The van der Waals surface area contributed by atoms with Crippen LogP contribution in [0.25, 0.3) is 0 Å². The van der Waals surface area contributed by atoms with Gasteiger partial charge in [-0.3, -0.25) is 9.59 Å². The zero-order valence-electron chi connectivity index (χ0n) is 14.5. The molecule has 1 heterocycles. The molecular formula is C19H22ClN3O3. The summed E-state index contributed by atoms with van der Waals surface area (Å²) in [6.07, 6.45) is 1.45. The highest BCUT2D eigenvalue weighted by molar-refractivity contribution is 5.98. The van der Waals surface area contributed by atoms with Crippen molar-refractivity contribution in [2.75, 3.05) is 29.6 Å². The van der Waals surface area contributed by atoms with Crippen molar-refractivity contribution in [3.63, 3.8) is 0 Å². The predicted molar refractivity (Wildman–Crippen MR) is 105 cm³/mol. The van der Waals surface area contributed by atoms with Gasteiger partial charge in [0.15, 0.2) is 0 Å². The maximum atomic E-state index is 12.2. The van der Waals surface area contributed by atoms with Gasteiger partial charge in [-0.2, -0.15) is 0 Å². The summed E-state index contributed by atoms with van der Waals surface area (Å²) < 4.78 is 5.10. The van der Waals surface area contributed by atoms with E-state index in [2.05, 4.69) is 5.32 Å². The normalized spacial score (nSPS) is 12.8. The highest BCUT2D eigenvalue weighted by atomic mass is 35.5. The second kappa shape index (κ2) is 8.58. The Bertz CT molecular complexity index is 810.